The van der Waals surface area contributed by atoms with E-state index in [1.165, 1.54) is 46.5 Å². The van der Waals surface area contributed by atoms with Crippen LogP contribution < -0.4 is 10.2 Å². The number of fused-ring (bicyclic) bond motifs is 2. The molecule has 1 aliphatic heterocycles. The summed E-state index contributed by atoms with van der Waals surface area (Å²) >= 11 is 0. The molecule has 2 aromatic rings. The van der Waals surface area contributed by atoms with Crippen molar-refractivity contribution < 1.29 is 0 Å². The number of allylic oxidation sites excluding steroid dienone is 4. The topological polar surface area (TPSA) is 15.3 Å². The Morgan fingerprint density at radius 2 is 1.86 bits per heavy atom. The summed E-state index contributed by atoms with van der Waals surface area (Å²) < 4.78 is 0. The monoisotopic (exact) mass is 368 g/mol. The van der Waals surface area contributed by atoms with E-state index < -0.39 is 0 Å². The van der Waals surface area contributed by atoms with Crippen molar-refractivity contribution >= 4 is 22.5 Å². The molecule has 28 heavy (non-hydrogen) atoms. The zero-order valence-electron chi connectivity index (χ0n) is 16.9. The summed E-state index contributed by atoms with van der Waals surface area (Å²) in [6, 6.07) is 16.4. The number of nitrogens with zero attached hydrogens (tertiary/aromatic N) is 1. The van der Waals surface area contributed by atoms with Crippen LogP contribution in [-0.2, 0) is 0 Å². The number of nitrogens with one attached hydrogen (secondary N) is 1. The summed E-state index contributed by atoms with van der Waals surface area (Å²) in [6.45, 7) is 4.62. The average molecular weight is 369 g/mol. The van der Waals surface area contributed by atoms with E-state index >= 15 is 0 Å². The average Bonchev–Trinajstić information content (AvgIpc) is 3.63. The van der Waals surface area contributed by atoms with E-state index in [1.807, 2.05) is 0 Å². The Morgan fingerprint density at radius 1 is 1.00 bits per heavy atom. The van der Waals surface area contributed by atoms with Gasteiger partial charge in [0.15, 0.2) is 0 Å². The molecule has 2 heteroatoms. The third-order valence-electron chi connectivity index (χ3n) is 7.44. The molecule has 2 aromatic carbocycles. The van der Waals surface area contributed by atoms with E-state index in [0.29, 0.717) is 12.1 Å². The SMILES string of the molecule is CC1C2C=CC(c3ccc4c(c3)NC(C)N4C)=C(c3cccc(C4CC4)c3)[C@H]12. The second-order valence-electron chi connectivity index (χ2n) is 9.21. The molecule has 4 aliphatic rings. The first kappa shape index (κ1) is 16.5. The first-order valence-electron chi connectivity index (χ1n) is 10.8. The van der Waals surface area contributed by atoms with Gasteiger partial charge in [-0.25, -0.2) is 0 Å². The van der Waals surface area contributed by atoms with Gasteiger partial charge in [-0.1, -0.05) is 49.4 Å². The van der Waals surface area contributed by atoms with Gasteiger partial charge in [-0.2, -0.15) is 0 Å². The van der Waals surface area contributed by atoms with Crippen molar-refractivity contribution in [1.29, 1.82) is 0 Å². The molecular weight excluding hydrogens is 340 g/mol. The summed E-state index contributed by atoms with van der Waals surface area (Å²) in [5.74, 6) is 2.96. The molecule has 6 rings (SSSR count). The third kappa shape index (κ3) is 2.40. The first-order chi connectivity index (χ1) is 13.6. The van der Waals surface area contributed by atoms with Gasteiger partial charge in [0.2, 0.25) is 0 Å². The molecule has 3 aliphatic carbocycles. The first-order valence-corrected chi connectivity index (χ1v) is 10.8. The van der Waals surface area contributed by atoms with Crippen LogP contribution in [0.2, 0.25) is 0 Å². The number of benzene rings is 2. The highest BCUT2D eigenvalue weighted by Crippen LogP contribution is 2.59. The molecule has 1 heterocycles. The number of hydrogen-bond donors (Lipinski definition) is 1. The number of anilines is 2. The number of rotatable bonds is 3. The zero-order chi connectivity index (χ0) is 19.0. The lowest BCUT2D eigenvalue weighted by molar-refractivity contribution is 0.806. The lowest BCUT2D eigenvalue weighted by Crippen LogP contribution is -2.28. The maximum atomic E-state index is 3.62. The van der Waals surface area contributed by atoms with Gasteiger partial charge in [0, 0.05) is 7.05 Å². The second-order valence-corrected chi connectivity index (χ2v) is 9.21. The fraction of sp³-hybridized carbons (Fsp3) is 0.385. The summed E-state index contributed by atoms with van der Waals surface area (Å²) in [7, 11) is 2.16. The highest BCUT2D eigenvalue weighted by molar-refractivity contribution is 6.00. The number of hydrogen-bond acceptors (Lipinski definition) is 2. The van der Waals surface area contributed by atoms with E-state index in [-0.39, 0.29) is 0 Å². The van der Waals surface area contributed by atoms with Gasteiger partial charge in [-0.15, -0.1) is 0 Å². The quantitative estimate of drug-likeness (QED) is 0.700. The van der Waals surface area contributed by atoms with Crippen molar-refractivity contribution in [3.63, 3.8) is 0 Å². The van der Waals surface area contributed by atoms with Gasteiger partial charge in [-0.05, 0) is 83.4 Å². The van der Waals surface area contributed by atoms with Crippen molar-refractivity contribution in [2.75, 3.05) is 17.3 Å². The lowest BCUT2D eigenvalue weighted by Gasteiger charge is -2.19. The molecule has 2 saturated carbocycles. The summed E-state index contributed by atoms with van der Waals surface area (Å²) in [4.78, 5) is 2.31. The predicted octanol–water partition coefficient (Wildman–Crippen LogP) is 6.13. The molecule has 4 atom stereocenters. The summed E-state index contributed by atoms with van der Waals surface area (Å²) in [6.07, 6.45) is 7.92. The van der Waals surface area contributed by atoms with Crippen LogP contribution in [0.15, 0.2) is 54.6 Å². The van der Waals surface area contributed by atoms with Crippen molar-refractivity contribution in [3.05, 3.63) is 71.3 Å². The van der Waals surface area contributed by atoms with Gasteiger partial charge < -0.3 is 10.2 Å². The van der Waals surface area contributed by atoms with Gasteiger partial charge in [0.25, 0.3) is 0 Å². The van der Waals surface area contributed by atoms with Crippen LogP contribution in [0.5, 0.6) is 0 Å². The van der Waals surface area contributed by atoms with Crippen LogP contribution >= 0.6 is 0 Å². The maximum absolute atomic E-state index is 3.62. The molecule has 3 unspecified atom stereocenters. The third-order valence-corrected chi connectivity index (χ3v) is 7.44. The maximum Gasteiger partial charge on any atom is 0.0959 e. The largest absolute Gasteiger partial charge is 0.364 e. The second kappa shape index (κ2) is 5.76. The van der Waals surface area contributed by atoms with Crippen LogP contribution in [0.3, 0.4) is 0 Å². The van der Waals surface area contributed by atoms with E-state index in [1.54, 1.807) is 5.57 Å². The minimum Gasteiger partial charge on any atom is -0.364 e. The minimum atomic E-state index is 0.351. The van der Waals surface area contributed by atoms with Crippen molar-refractivity contribution in [3.8, 4) is 0 Å². The Hall–Kier alpha value is -2.48. The Labute approximate surface area is 168 Å². The molecule has 0 saturated heterocycles. The molecule has 0 spiro atoms. The van der Waals surface area contributed by atoms with Crippen LogP contribution in [-0.4, -0.2) is 13.2 Å². The predicted molar refractivity (Wildman–Crippen MR) is 118 cm³/mol. The summed E-state index contributed by atoms with van der Waals surface area (Å²) in [5, 5.41) is 3.62. The van der Waals surface area contributed by atoms with E-state index in [9.17, 15) is 0 Å². The molecule has 2 nitrogen and oxygen atoms in total. The van der Waals surface area contributed by atoms with Gasteiger partial charge >= 0.3 is 0 Å². The normalized spacial score (nSPS) is 30.2. The molecule has 0 aromatic heterocycles. The molecule has 0 radical (unpaired) electrons. The highest BCUT2D eigenvalue weighted by atomic mass is 15.3. The highest BCUT2D eigenvalue weighted by Gasteiger charge is 2.49. The fourth-order valence-corrected chi connectivity index (χ4v) is 5.35. The molecular formula is C26H28N2. The van der Waals surface area contributed by atoms with Crippen LogP contribution in [0.4, 0.5) is 11.4 Å². The molecule has 0 bridgehead atoms. The lowest BCUT2D eigenvalue weighted by atomic mass is 9.86. The van der Waals surface area contributed by atoms with E-state index in [2.05, 4.69) is 85.7 Å². The van der Waals surface area contributed by atoms with Crippen LogP contribution in [0, 0.1) is 17.8 Å². The Balaban J connectivity index is 1.49. The Morgan fingerprint density at radius 3 is 2.68 bits per heavy atom. The summed E-state index contributed by atoms with van der Waals surface area (Å²) in [5.41, 5.74) is 9.87. The zero-order valence-corrected chi connectivity index (χ0v) is 16.9. The van der Waals surface area contributed by atoms with Gasteiger partial charge in [-0.3, -0.25) is 0 Å². The van der Waals surface area contributed by atoms with Crippen molar-refractivity contribution in [1.82, 2.24) is 0 Å². The standard InChI is InChI=1S/C26H28N2/c1-15-21-10-11-22(19-9-12-24-23(14-19)27-16(2)28(24)3)26(25(15)21)20-6-4-5-18(13-20)17-7-8-17/h4-6,9-17,21,25,27H,7-8H2,1-3H3/t15?,16?,21?,25-/m1/s1. The Bertz CT molecular complexity index is 1030. The van der Waals surface area contributed by atoms with E-state index in [0.717, 1.165) is 17.8 Å². The smallest absolute Gasteiger partial charge is 0.0959 e. The van der Waals surface area contributed by atoms with Gasteiger partial charge in [0.05, 0.1) is 17.5 Å². The van der Waals surface area contributed by atoms with Gasteiger partial charge in [0.1, 0.15) is 0 Å². The molecule has 2 fully saturated rings. The fourth-order valence-electron chi connectivity index (χ4n) is 5.35. The Kier molecular flexibility index (Phi) is 3.39. The molecule has 0 amide bonds. The minimum absolute atomic E-state index is 0.351. The van der Waals surface area contributed by atoms with Crippen LogP contribution in [0.1, 0.15) is 49.3 Å². The van der Waals surface area contributed by atoms with E-state index in [4.69, 9.17) is 0 Å². The molecule has 142 valence electrons. The van der Waals surface area contributed by atoms with Crippen LogP contribution in [0.25, 0.3) is 11.1 Å². The van der Waals surface area contributed by atoms with Crippen molar-refractivity contribution in [2.45, 2.75) is 38.8 Å². The van der Waals surface area contributed by atoms with Crippen molar-refractivity contribution in [2.24, 2.45) is 17.8 Å². The molecule has 1 N–H and O–H groups in total.